The summed E-state index contributed by atoms with van der Waals surface area (Å²) in [7, 11) is 0. The highest BCUT2D eigenvalue weighted by molar-refractivity contribution is 7.25. The highest BCUT2D eigenvalue weighted by atomic mass is 32.1. The Morgan fingerprint density at radius 2 is 1.83 bits per heavy atom. The number of rotatable bonds is 3. The lowest BCUT2D eigenvalue weighted by Crippen LogP contribution is -1.76. The molecule has 0 bridgehead atoms. The fraction of sp³-hybridized carbons (Fsp3) is 0.125. The first kappa shape index (κ1) is 11.5. The van der Waals surface area contributed by atoms with E-state index in [0.29, 0.717) is 6.42 Å². The molecule has 3 rings (SSSR count). The van der Waals surface area contributed by atoms with E-state index in [1.807, 2.05) is 17.4 Å². The third kappa shape index (κ3) is 2.05. The predicted octanol–water partition coefficient (Wildman–Crippen LogP) is 4.45. The van der Waals surface area contributed by atoms with Gasteiger partial charge in [-0.25, -0.2) is 0 Å². The Hall–Kier alpha value is -1.64. The first-order chi connectivity index (χ1) is 8.88. The average Bonchev–Trinajstić information content (AvgIpc) is 2.77. The molecular weight excluding hydrogens is 240 g/mol. The van der Waals surface area contributed by atoms with Gasteiger partial charge >= 0.3 is 0 Å². The summed E-state index contributed by atoms with van der Waals surface area (Å²) in [4.78, 5) is 0. The van der Waals surface area contributed by atoms with Gasteiger partial charge in [0.1, 0.15) is 0 Å². The standard InChI is InChI=1S/C16H14OS/c17-10-4-3-5-12-8-9-16-14(11-12)13-6-1-2-7-15(13)18-16/h1-3,5-9,11,17H,4,10H2. The van der Waals surface area contributed by atoms with Crippen LogP contribution < -0.4 is 0 Å². The first-order valence-corrected chi connectivity index (χ1v) is 6.89. The van der Waals surface area contributed by atoms with E-state index >= 15 is 0 Å². The van der Waals surface area contributed by atoms with Gasteiger partial charge in [0.05, 0.1) is 0 Å². The molecule has 1 heterocycles. The minimum Gasteiger partial charge on any atom is -0.396 e. The van der Waals surface area contributed by atoms with E-state index in [0.717, 1.165) is 0 Å². The molecule has 0 fully saturated rings. The van der Waals surface area contributed by atoms with Crippen LogP contribution in [0.2, 0.25) is 0 Å². The lowest BCUT2D eigenvalue weighted by molar-refractivity contribution is 0.303. The predicted molar refractivity (Wildman–Crippen MR) is 80.1 cm³/mol. The third-order valence-electron chi connectivity index (χ3n) is 3.01. The van der Waals surface area contributed by atoms with Gasteiger partial charge in [0, 0.05) is 26.8 Å². The van der Waals surface area contributed by atoms with Crippen LogP contribution in [-0.4, -0.2) is 11.7 Å². The van der Waals surface area contributed by atoms with Crippen LogP contribution >= 0.6 is 11.3 Å². The van der Waals surface area contributed by atoms with Crippen LogP contribution in [0.3, 0.4) is 0 Å². The highest BCUT2D eigenvalue weighted by Crippen LogP contribution is 2.34. The molecule has 18 heavy (non-hydrogen) atoms. The zero-order chi connectivity index (χ0) is 12.4. The number of aliphatic hydroxyl groups excluding tert-OH is 1. The molecule has 0 saturated heterocycles. The number of hydrogen-bond donors (Lipinski definition) is 1. The monoisotopic (exact) mass is 254 g/mol. The van der Waals surface area contributed by atoms with Crippen LogP contribution in [0.5, 0.6) is 0 Å². The van der Waals surface area contributed by atoms with Gasteiger partial charge in [0.15, 0.2) is 0 Å². The van der Waals surface area contributed by atoms with Crippen LogP contribution in [-0.2, 0) is 0 Å². The van der Waals surface area contributed by atoms with Crippen molar-refractivity contribution >= 4 is 37.6 Å². The second kappa shape index (κ2) is 4.92. The topological polar surface area (TPSA) is 20.2 Å². The van der Waals surface area contributed by atoms with E-state index in [2.05, 4.69) is 48.5 Å². The number of aliphatic hydroxyl groups is 1. The Kier molecular flexibility index (Phi) is 3.13. The van der Waals surface area contributed by atoms with Gasteiger partial charge in [0.25, 0.3) is 0 Å². The van der Waals surface area contributed by atoms with Crippen LogP contribution in [0.25, 0.3) is 26.2 Å². The molecule has 90 valence electrons. The van der Waals surface area contributed by atoms with Crippen LogP contribution in [0.1, 0.15) is 12.0 Å². The Bertz CT molecular complexity index is 709. The smallest absolute Gasteiger partial charge is 0.0465 e. The van der Waals surface area contributed by atoms with E-state index in [1.54, 1.807) is 0 Å². The molecule has 1 N–H and O–H groups in total. The number of thiophene rings is 1. The number of benzene rings is 2. The summed E-state index contributed by atoms with van der Waals surface area (Å²) in [5.74, 6) is 0. The molecule has 0 saturated carbocycles. The molecule has 0 spiro atoms. The maximum Gasteiger partial charge on any atom is 0.0465 e. The lowest BCUT2D eigenvalue weighted by atomic mass is 10.1. The van der Waals surface area contributed by atoms with Crippen LogP contribution in [0, 0.1) is 0 Å². The molecular formula is C16H14OS. The van der Waals surface area contributed by atoms with Crippen molar-refractivity contribution < 1.29 is 5.11 Å². The Labute approximate surface area is 110 Å². The van der Waals surface area contributed by atoms with Crippen molar-refractivity contribution in [3.05, 3.63) is 54.1 Å². The largest absolute Gasteiger partial charge is 0.396 e. The molecule has 3 aromatic rings. The minimum atomic E-state index is 0.208. The molecule has 0 radical (unpaired) electrons. The Morgan fingerprint density at radius 1 is 1.00 bits per heavy atom. The molecule has 0 amide bonds. The van der Waals surface area contributed by atoms with Crippen molar-refractivity contribution in [2.45, 2.75) is 6.42 Å². The molecule has 0 unspecified atom stereocenters. The summed E-state index contributed by atoms with van der Waals surface area (Å²) in [6.07, 6.45) is 4.79. The van der Waals surface area contributed by atoms with Gasteiger partial charge in [-0.05, 0) is 30.2 Å². The minimum absolute atomic E-state index is 0.208. The highest BCUT2D eigenvalue weighted by Gasteiger charge is 2.03. The second-order valence-corrected chi connectivity index (χ2v) is 5.35. The Balaban J connectivity index is 2.12. The van der Waals surface area contributed by atoms with Crippen molar-refractivity contribution in [2.24, 2.45) is 0 Å². The second-order valence-electron chi connectivity index (χ2n) is 4.27. The SMILES string of the molecule is OCCC=Cc1ccc2sc3ccccc3c2c1. The van der Waals surface area contributed by atoms with Crippen molar-refractivity contribution in [1.29, 1.82) is 0 Å². The van der Waals surface area contributed by atoms with E-state index in [9.17, 15) is 0 Å². The maximum atomic E-state index is 8.77. The summed E-state index contributed by atoms with van der Waals surface area (Å²) in [5.41, 5.74) is 1.19. The van der Waals surface area contributed by atoms with Gasteiger partial charge in [-0.15, -0.1) is 11.3 Å². The Morgan fingerprint density at radius 3 is 2.72 bits per heavy atom. The maximum absolute atomic E-state index is 8.77. The van der Waals surface area contributed by atoms with Gasteiger partial charge in [-0.1, -0.05) is 36.4 Å². The molecule has 0 aliphatic heterocycles. The normalized spacial score (nSPS) is 11.8. The van der Waals surface area contributed by atoms with Gasteiger partial charge < -0.3 is 5.11 Å². The van der Waals surface area contributed by atoms with Crippen LogP contribution in [0.4, 0.5) is 0 Å². The van der Waals surface area contributed by atoms with E-state index < -0.39 is 0 Å². The molecule has 2 heteroatoms. The first-order valence-electron chi connectivity index (χ1n) is 6.07. The molecule has 0 atom stereocenters. The van der Waals surface area contributed by atoms with E-state index in [4.69, 9.17) is 5.11 Å². The zero-order valence-electron chi connectivity index (χ0n) is 9.97. The molecule has 0 aliphatic carbocycles. The summed E-state index contributed by atoms with van der Waals surface area (Å²) in [5, 5.41) is 11.4. The van der Waals surface area contributed by atoms with Crippen molar-refractivity contribution in [3.63, 3.8) is 0 Å². The fourth-order valence-corrected chi connectivity index (χ4v) is 3.23. The average molecular weight is 254 g/mol. The van der Waals surface area contributed by atoms with Crippen molar-refractivity contribution in [3.8, 4) is 0 Å². The van der Waals surface area contributed by atoms with Gasteiger partial charge in [-0.2, -0.15) is 0 Å². The number of hydrogen-bond acceptors (Lipinski definition) is 2. The third-order valence-corrected chi connectivity index (χ3v) is 4.16. The van der Waals surface area contributed by atoms with Crippen molar-refractivity contribution in [2.75, 3.05) is 6.61 Å². The fourth-order valence-electron chi connectivity index (χ4n) is 2.14. The molecule has 2 aromatic carbocycles. The summed E-state index contributed by atoms with van der Waals surface area (Å²) in [6.45, 7) is 0.208. The van der Waals surface area contributed by atoms with Crippen LogP contribution in [0.15, 0.2) is 48.5 Å². The van der Waals surface area contributed by atoms with Gasteiger partial charge in [-0.3, -0.25) is 0 Å². The van der Waals surface area contributed by atoms with E-state index in [-0.39, 0.29) is 6.61 Å². The zero-order valence-corrected chi connectivity index (χ0v) is 10.8. The summed E-state index contributed by atoms with van der Waals surface area (Å²) >= 11 is 1.83. The summed E-state index contributed by atoms with van der Waals surface area (Å²) in [6, 6.07) is 15.0. The molecule has 1 nitrogen and oxygen atoms in total. The van der Waals surface area contributed by atoms with Gasteiger partial charge in [0.2, 0.25) is 0 Å². The molecule has 0 aliphatic rings. The summed E-state index contributed by atoms with van der Waals surface area (Å²) < 4.78 is 2.67. The van der Waals surface area contributed by atoms with E-state index in [1.165, 1.54) is 25.7 Å². The molecule has 1 aromatic heterocycles. The van der Waals surface area contributed by atoms with Crippen molar-refractivity contribution in [1.82, 2.24) is 0 Å². The quantitative estimate of drug-likeness (QED) is 0.732. The number of fused-ring (bicyclic) bond motifs is 3. The lowest BCUT2D eigenvalue weighted by Gasteiger charge is -1.95.